The Balaban J connectivity index is 0.000000229. The fourth-order valence-electron chi connectivity index (χ4n) is 4.60. The highest BCUT2D eigenvalue weighted by Gasteiger charge is 2.21. The lowest BCUT2D eigenvalue weighted by Gasteiger charge is -2.33. The molecule has 1 aliphatic heterocycles. The Hall–Kier alpha value is -4.57. The fourth-order valence-corrected chi connectivity index (χ4v) is 4.60. The summed E-state index contributed by atoms with van der Waals surface area (Å²) in [5.41, 5.74) is 3.16. The molecule has 0 saturated carbocycles. The van der Waals surface area contributed by atoms with E-state index in [-0.39, 0.29) is 0 Å². The van der Waals surface area contributed by atoms with Gasteiger partial charge in [0.1, 0.15) is 11.5 Å². The van der Waals surface area contributed by atoms with E-state index in [1.54, 1.807) is 6.07 Å². The molecule has 3 N–H and O–H groups in total. The van der Waals surface area contributed by atoms with Crippen molar-refractivity contribution in [2.75, 3.05) is 51.6 Å². The van der Waals surface area contributed by atoms with Gasteiger partial charge in [-0.25, -0.2) is 9.97 Å². The average molecular weight is 586 g/mol. The number of piperazine rings is 1. The number of hydrogen-bond acceptors (Lipinski definition) is 7. The van der Waals surface area contributed by atoms with Gasteiger partial charge in [-0.2, -0.15) is 0 Å². The third-order valence-corrected chi connectivity index (χ3v) is 7.02. The van der Waals surface area contributed by atoms with Gasteiger partial charge in [0.05, 0.1) is 11.1 Å². The number of aromatic nitrogens is 3. The number of nitrogens with one attached hydrogen (secondary N) is 3. The summed E-state index contributed by atoms with van der Waals surface area (Å²) >= 11 is 0. The number of anilines is 1. The number of rotatable bonds is 10. The minimum Gasteiger partial charge on any atom is -0.368 e. The smallest absolute Gasteiger partial charge is 0.223 e. The van der Waals surface area contributed by atoms with E-state index in [0.717, 1.165) is 43.4 Å². The molecule has 228 valence electrons. The Morgan fingerprint density at radius 3 is 2.23 bits per heavy atom. The summed E-state index contributed by atoms with van der Waals surface area (Å²) < 4.78 is 0. The van der Waals surface area contributed by atoms with E-state index in [4.69, 9.17) is 0 Å². The second-order valence-electron chi connectivity index (χ2n) is 10.1. The molecule has 2 amide bonds. The number of amides is 2. The Bertz CT molecular complexity index is 1420. The van der Waals surface area contributed by atoms with Crippen LogP contribution in [0.15, 0.2) is 66.7 Å². The van der Waals surface area contributed by atoms with Crippen LogP contribution in [0.25, 0.3) is 22.4 Å². The van der Waals surface area contributed by atoms with Crippen molar-refractivity contribution in [3.8, 4) is 11.4 Å². The highest BCUT2D eigenvalue weighted by atomic mass is 16.2. The maximum Gasteiger partial charge on any atom is 0.223 e. The zero-order valence-electron chi connectivity index (χ0n) is 25.5. The van der Waals surface area contributed by atoms with Crippen molar-refractivity contribution < 1.29 is 14.4 Å². The standard InChI is InChI=1S/C16H15N5O2.C15H22N2O.C2H6/c22-9-12-8-13-15(18-7-6-17-10-23)20-14(21-16(13)19-12)11-4-2-1-3-5-11;1-13(14-6-4-3-5-7-14)12-15(18)17-10-8-16(2)9-11-17;1-2/h1-5,8-10H,6-7H2,(H,17,23)(H2,18,19,20,21);3-7,13H,8-12H2,1-2H3;1-2H3. The number of hydrogen-bond donors (Lipinski definition) is 3. The Morgan fingerprint density at radius 2 is 1.60 bits per heavy atom. The third-order valence-electron chi connectivity index (χ3n) is 7.02. The van der Waals surface area contributed by atoms with Gasteiger partial charge in [0.25, 0.3) is 0 Å². The summed E-state index contributed by atoms with van der Waals surface area (Å²) in [6, 6.07) is 21.6. The molecule has 10 heteroatoms. The molecule has 1 unspecified atom stereocenters. The van der Waals surface area contributed by atoms with Crippen LogP contribution < -0.4 is 10.6 Å². The number of carbonyl (C=O) groups is 3. The van der Waals surface area contributed by atoms with E-state index in [0.29, 0.717) is 60.7 Å². The normalized spacial score (nSPS) is 13.5. The van der Waals surface area contributed by atoms with Gasteiger partial charge in [-0.05, 0) is 24.6 Å². The lowest BCUT2D eigenvalue weighted by Crippen LogP contribution is -2.47. The Kier molecular flexibility index (Phi) is 13.3. The van der Waals surface area contributed by atoms with Crippen LogP contribution >= 0.6 is 0 Å². The first-order valence-electron chi connectivity index (χ1n) is 14.8. The molecule has 10 nitrogen and oxygen atoms in total. The van der Waals surface area contributed by atoms with Gasteiger partial charge in [-0.15, -0.1) is 0 Å². The molecule has 3 heterocycles. The number of benzene rings is 2. The second-order valence-corrected chi connectivity index (χ2v) is 10.1. The van der Waals surface area contributed by atoms with E-state index in [1.807, 2.05) is 67.3 Å². The van der Waals surface area contributed by atoms with E-state index < -0.39 is 0 Å². The van der Waals surface area contributed by atoms with Crippen LogP contribution in [0.4, 0.5) is 5.82 Å². The lowest BCUT2D eigenvalue weighted by atomic mass is 9.97. The van der Waals surface area contributed by atoms with Crippen LogP contribution in [0.2, 0.25) is 0 Å². The van der Waals surface area contributed by atoms with Crippen molar-refractivity contribution in [1.82, 2.24) is 30.1 Å². The minimum absolute atomic E-state index is 0.291. The molecule has 1 fully saturated rings. The van der Waals surface area contributed by atoms with Gasteiger partial charge < -0.3 is 25.4 Å². The van der Waals surface area contributed by atoms with Crippen molar-refractivity contribution in [1.29, 1.82) is 0 Å². The molecule has 1 saturated heterocycles. The summed E-state index contributed by atoms with van der Waals surface area (Å²) in [7, 11) is 2.11. The number of nitrogens with zero attached hydrogens (tertiary/aromatic N) is 4. The Labute approximate surface area is 253 Å². The van der Waals surface area contributed by atoms with Gasteiger partial charge in [0.15, 0.2) is 12.1 Å². The quantitative estimate of drug-likeness (QED) is 0.184. The van der Waals surface area contributed by atoms with Crippen molar-refractivity contribution in [2.24, 2.45) is 0 Å². The van der Waals surface area contributed by atoms with E-state index in [2.05, 4.69) is 56.6 Å². The molecular weight excluding hydrogens is 542 g/mol. The van der Waals surface area contributed by atoms with Crippen LogP contribution in [-0.4, -0.2) is 89.7 Å². The van der Waals surface area contributed by atoms with E-state index in [9.17, 15) is 14.4 Å². The van der Waals surface area contributed by atoms with Crippen LogP contribution in [0.5, 0.6) is 0 Å². The molecule has 1 aliphatic rings. The molecule has 0 bridgehead atoms. The molecule has 5 rings (SSSR count). The summed E-state index contributed by atoms with van der Waals surface area (Å²) in [5, 5.41) is 6.47. The topological polar surface area (TPSA) is 123 Å². The van der Waals surface area contributed by atoms with Gasteiger partial charge >= 0.3 is 0 Å². The van der Waals surface area contributed by atoms with Crippen LogP contribution in [0, 0.1) is 0 Å². The molecular formula is C33H43N7O3. The van der Waals surface area contributed by atoms with Gasteiger partial charge in [0, 0.05) is 51.3 Å². The monoisotopic (exact) mass is 585 g/mol. The zero-order valence-corrected chi connectivity index (χ0v) is 25.5. The van der Waals surface area contributed by atoms with Gasteiger partial charge in [0.2, 0.25) is 12.3 Å². The Morgan fingerprint density at radius 1 is 0.953 bits per heavy atom. The van der Waals surface area contributed by atoms with Crippen molar-refractivity contribution in [3.63, 3.8) is 0 Å². The fraction of sp³-hybridized carbons (Fsp3) is 0.364. The number of aromatic amines is 1. The van der Waals surface area contributed by atoms with Crippen LogP contribution in [0.3, 0.4) is 0 Å². The van der Waals surface area contributed by atoms with Crippen molar-refractivity contribution in [2.45, 2.75) is 33.1 Å². The molecule has 0 spiro atoms. The number of fused-ring (bicyclic) bond motifs is 1. The molecule has 2 aromatic heterocycles. The average Bonchev–Trinajstić information content (AvgIpc) is 3.49. The first-order chi connectivity index (χ1) is 21.0. The SMILES string of the molecule is CC.CC(CC(=O)N1CCN(C)CC1)c1ccccc1.O=CNCCNc1nc(-c2ccccc2)nc2[nH]c(C=O)cc12. The second kappa shape index (κ2) is 17.4. The van der Waals surface area contributed by atoms with E-state index >= 15 is 0 Å². The van der Waals surface area contributed by atoms with Crippen molar-refractivity contribution >= 4 is 35.5 Å². The number of aldehydes is 1. The van der Waals surface area contributed by atoms with E-state index in [1.165, 1.54) is 5.56 Å². The van der Waals surface area contributed by atoms with Crippen molar-refractivity contribution in [3.05, 3.63) is 78.0 Å². The summed E-state index contributed by atoms with van der Waals surface area (Å²) in [6.45, 7) is 10.8. The third kappa shape index (κ3) is 9.75. The molecule has 4 aromatic rings. The molecule has 2 aromatic carbocycles. The summed E-state index contributed by atoms with van der Waals surface area (Å²) in [4.78, 5) is 49.7. The molecule has 0 aliphatic carbocycles. The first-order valence-corrected chi connectivity index (χ1v) is 14.8. The molecule has 1 atom stereocenters. The lowest BCUT2D eigenvalue weighted by molar-refractivity contribution is -0.133. The highest BCUT2D eigenvalue weighted by Crippen LogP contribution is 2.25. The first kappa shape index (κ1) is 32.9. The van der Waals surface area contributed by atoms with Gasteiger partial charge in [-0.1, -0.05) is 81.4 Å². The minimum atomic E-state index is 0.291. The zero-order chi connectivity index (χ0) is 31.0. The largest absolute Gasteiger partial charge is 0.368 e. The maximum atomic E-state index is 12.2. The van der Waals surface area contributed by atoms with Crippen LogP contribution in [-0.2, 0) is 9.59 Å². The molecule has 0 radical (unpaired) electrons. The summed E-state index contributed by atoms with van der Waals surface area (Å²) in [5.74, 6) is 1.77. The number of H-pyrrole nitrogens is 1. The highest BCUT2D eigenvalue weighted by molar-refractivity contribution is 5.93. The maximum absolute atomic E-state index is 12.2. The van der Waals surface area contributed by atoms with Crippen LogP contribution in [0.1, 0.15) is 49.2 Å². The molecule has 43 heavy (non-hydrogen) atoms. The predicted molar refractivity (Wildman–Crippen MR) is 172 cm³/mol. The van der Waals surface area contributed by atoms with Gasteiger partial charge in [-0.3, -0.25) is 14.4 Å². The summed E-state index contributed by atoms with van der Waals surface area (Å²) in [6.07, 6.45) is 2.00. The number of carbonyl (C=O) groups excluding carboxylic acids is 3. The number of likely N-dealkylation sites (N-methyl/N-ethyl adjacent to an activating group) is 1. The predicted octanol–water partition coefficient (Wildman–Crippen LogP) is 4.58.